The van der Waals surface area contributed by atoms with Gasteiger partial charge in [-0.25, -0.2) is 9.97 Å². The van der Waals surface area contributed by atoms with Gasteiger partial charge in [-0.15, -0.1) is 11.3 Å². The molecule has 0 atom stereocenters. The lowest BCUT2D eigenvalue weighted by molar-refractivity contribution is -0.137. The Morgan fingerprint density at radius 2 is 2.00 bits per heavy atom. The molecule has 3 aromatic rings. The Morgan fingerprint density at radius 3 is 2.71 bits per heavy atom. The third kappa shape index (κ3) is 3.72. The second-order valence-electron chi connectivity index (χ2n) is 5.01. The van der Waals surface area contributed by atoms with Crippen LogP contribution in [0.15, 0.2) is 36.5 Å². The molecule has 0 unspecified atom stereocenters. The van der Waals surface area contributed by atoms with Crippen molar-refractivity contribution >= 4 is 33.4 Å². The van der Waals surface area contributed by atoms with Crippen molar-refractivity contribution in [3.63, 3.8) is 0 Å². The molecule has 0 spiro atoms. The number of amides is 1. The average molecular weight is 345 g/mol. The van der Waals surface area contributed by atoms with Gasteiger partial charge in [0.1, 0.15) is 11.6 Å². The third-order valence-electron chi connectivity index (χ3n) is 3.24. The van der Waals surface area contributed by atoms with E-state index in [4.69, 9.17) is 5.11 Å². The second-order valence-corrected chi connectivity index (χ2v) is 6.12. The molecule has 0 fully saturated rings. The molecular formula is C16H12FN3O3S. The number of benzene rings is 1. The van der Waals surface area contributed by atoms with Gasteiger partial charge in [0.2, 0.25) is 11.9 Å². The molecule has 24 heavy (non-hydrogen) atoms. The Balaban J connectivity index is 1.80. The number of aliphatic carboxylic acids is 1. The zero-order valence-corrected chi connectivity index (χ0v) is 13.1. The van der Waals surface area contributed by atoms with E-state index in [0.29, 0.717) is 5.01 Å². The molecular weight excluding hydrogens is 333 g/mol. The first kappa shape index (κ1) is 16.0. The maximum Gasteiger partial charge on any atom is 0.322 e. The van der Waals surface area contributed by atoms with E-state index in [0.717, 1.165) is 21.3 Å². The summed E-state index contributed by atoms with van der Waals surface area (Å²) >= 11 is 1.36. The van der Waals surface area contributed by atoms with Crippen LogP contribution in [0.4, 0.5) is 4.39 Å². The zero-order chi connectivity index (χ0) is 17.1. The van der Waals surface area contributed by atoms with Gasteiger partial charge in [0.05, 0.1) is 16.6 Å². The summed E-state index contributed by atoms with van der Waals surface area (Å²) in [7, 11) is 0. The molecule has 0 aliphatic carbocycles. The Morgan fingerprint density at radius 1 is 1.21 bits per heavy atom. The second kappa shape index (κ2) is 6.71. The SMILES string of the molecule is O=C(O)CNC(=O)Cc1nc2ccc(-c3ccc(F)nc3)cc2s1. The number of halogens is 1. The Kier molecular flexibility index (Phi) is 4.48. The lowest BCUT2D eigenvalue weighted by Gasteiger charge is -2.00. The summed E-state index contributed by atoms with van der Waals surface area (Å²) in [5.74, 6) is -2.02. The number of pyridine rings is 1. The minimum atomic E-state index is -1.09. The molecule has 1 aromatic carbocycles. The summed E-state index contributed by atoms with van der Waals surface area (Å²) in [5.41, 5.74) is 2.41. The fraction of sp³-hybridized carbons (Fsp3) is 0.125. The highest BCUT2D eigenvalue weighted by molar-refractivity contribution is 7.18. The van der Waals surface area contributed by atoms with Crippen molar-refractivity contribution in [2.45, 2.75) is 6.42 Å². The molecule has 8 heteroatoms. The van der Waals surface area contributed by atoms with Crippen LogP contribution in [0.2, 0.25) is 0 Å². The first-order chi connectivity index (χ1) is 11.5. The van der Waals surface area contributed by atoms with Crippen molar-refractivity contribution in [2.24, 2.45) is 0 Å². The normalized spacial score (nSPS) is 10.7. The molecule has 0 aliphatic heterocycles. The van der Waals surface area contributed by atoms with Gasteiger partial charge in [0, 0.05) is 11.8 Å². The Labute approximate surface area is 140 Å². The van der Waals surface area contributed by atoms with Crippen molar-refractivity contribution in [2.75, 3.05) is 6.54 Å². The number of thiazole rings is 1. The number of aromatic nitrogens is 2. The Hall–Kier alpha value is -2.87. The van der Waals surface area contributed by atoms with Crippen LogP contribution in [0.25, 0.3) is 21.3 Å². The van der Waals surface area contributed by atoms with Crippen LogP contribution in [0.5, 0.6) is 0 Å². The van der Waals surface area contributed by atoms with Gasteiger partial charge >= 0.3 is 5.97 Å². The number of carbonyl (C=O) groups is 2. The predicted octanol–water partition coefficient (Wildman–Crippen LogP) is 2.24. The van der Waals surface area contributed by atoms with E-state index >= 15 is 0 Å². The van der Waals surface area contributed by atoms with E-state index in [1.54, 1.807) is 6.07 Å². The van der Waals surface area contributed by atoms with Gasteiger partial charge in [0.15, 0.2) is 0 Å². The fourth-order valence-corrected chi connectivity index (χ4v) is 3.15. The molecule has 6 nitrogen and oxygen atoms in total. The smallest absolute Gasteiger partial charge is 0.322 e. The molecule has 0 saturated carbocycles. The number of carbonyl (C=O) groups excluding carboxylic acids is 1. The summed E-state index contributed by atoms with van der Waals surface area (Å²) in [6.07, 6.45) is 1.48. The monoisotopic (exact) mass is 345 g/mol. The number of carboxylic acid groups (broad SMARTS) is 1. The number of fused-ring (bicyclic) bond motifs is 1. The molecule has 2 aromatic heterocycles. The highest BCUT2D eigenvalue weighted by Crippen LogP contribution is 2.28. The van der Waals surface area contributed by atoms with Gasteiger partial charge in [-0.3, -0.25) is 9.59 Å². The number of rotatable bonds is 5. The molecule has 2 N–H and O–H groups in total. The highest BCUT2D eigenvalue weighted by Gasteiger charge is 2.11. The van der Waals surface area contributed by atoms with Crippen LogP contribution >= 0.6 is 11.3 Å². The number of carboxylic acids is 1. The molecule has 0 aliphatic rings. The van der Waals surface area contributed by atoms with Crippen molar-refractivity contribution in [1.29, 1.82) is 0 Å². The number of hydrogen-bond donors (Lipinski definition) is 2. The molecule has 0 radical (unpaired) electrons. The van der Waals surface area contributed by atoms with E-state index in [9.17, 15) is 14.0 Å². The van der Waals surface area contributed by atoms with Crippen molar-refractivity contribution in [3.8, 4) is 11.1 Å². The third-order valence-corrected chi connectivity index (χ3v) is 4.26. The van der Waals surface area contributed by atoms with Crippen LogP contribution in [-0.4, -0.2) is 33.5 Å². The topological polar surface area (TPSA) is 92.2 Å². The predicted molar refractivity (Wildman–Crippen MR) is 87.2 cm³/mol. The maximum absolute atomic E-state index is 12.9. The lowest BCUT2D eigenvalue weighted by atomic mass is 10.1. The van der Waals surface area contributed by atoms with Crippen LogP contribution in [0, 0.1) is 5.95 Å². The molecule has 0 saturated heterocycles. The van der Waals surface area contributed by atoms with Crippen LogP contribution in [0.3, 0.4) is 0 Å². The first-order valence-electron chi connectivity index (χ1n) is 7.01. The molecule has 1 amide bonds. The van der Waals surface area contributed by atoms with Gasteiger partial charge in [-0.05, 0) is 29.8 Å². The van der Waals surface area contributed by atoms with E-state index in [-0.39, 0.29) is 12.3 Å². The molecule has 2 heterocycles. The summed E-state index contributed by atoms with van der Waals surface area (Å²) < 4.78 is 13.8. The Bertz CT molecular complexity index is 909. The summed E-state index contributed by atoms with van der Waals surface area (Å²) in [4.78, 5) is 30.1. The minimum Gasteiger partial charge on any atom is -0.480 e. The largest absolute Gasteiger partial charge is 0.480 e. The van der Waals surface area contributed by atoms with Crippen LogP contribution in [0.1, 0.15) is 5.01 Å². The zero-order valence-electron chi connectivity index (χ0n) is 12.3. The summed E-state index contributed by atoms with van der Waals surface area (Å²) in [6, 6.07) is 8.52. The molecule has 3 rings (SSSR count). The number of hydrogen-bond acceptors (Lipinski definition) is 5. The van der Waals surface area contributed by atoms with Crippen molar-refractivity contribution in [1.82, 2.24) is 15.3 Å². The molecule has 0 bridgehead atoms. The van der Waals surface area contributed by atoms with E-state index in [1.807, 2.05) is 18.2 Å². The fourth-order valence-electron chi connectivity index (χ4n) is 2.15. The maximum atomic E-state index is 12.9. The van der Waals surface area contributed by atoms with E-state index in [2.05, 4.69) is 15.3 Å². The lowest BCUT2D eigenvalue weighted by Crippen LogP contribution is -2.30. The highest BCUT2D eigenvalue weighted by atomic mass is 32.1. The standard InChI is InChI=1S/C16H12FN3O3S/c17-13-4-2-10(7-18-13)9-1-3-11-12(5-9)24-15(20-11)6-14(21)19-8-16(22)23/h1-5,7H,6,8H2,(H,19,21)(H,22,23). The van der Waals surface area contributed by atoms with E-state index in [1.165, 1.54) is 23.6 Å². The first-order valence-corrected chi connectivity index (χ1v) is 7.83. The molecule has 122 valence electrons. The summed E-state index contributed by atoms with van der Waals surface area (Å²) in [6.45, 7) is -0.411. The number of nitrogens with zero attached hydrogens (tertiary/aromatic N) is 2. The van der Waals surface area contributed by atoms with E-state index < -0.39 is 18.5 Å². The summed E-state index contributed by atoms with van der Waals surface area (Å²) in [5, 5.41) is 11.4. The van der Waals surface area contributed by atoms with Crippen LogP contribution in [-0.2, 0) is 16.0 Å². The van der Waals surface area contributed by atoms with Gasteiger partial charge in [-0.2, -0.15) is 4.39 Å². The van der Waals surface area contributed by atoms with Crippen molar-refractivity contribution in [3.05, 3.63) is 47.5 Å². The quantitative estimate of drug-likeness (QED) is 0.692. The van der Waals surface area contributed by atoms with Gasteiger partial charge in [-0.1, -0.05) is 6.07 Å². The van der Waals surface area contributed by atoms with Crippen molar-refractivity contribution < 1.29 is 19.1 Å². The van der Waals surface area contributed by atoms with Gasteiger partial charge in [0.25, 0.3) is 0 Å². The number of nitrogens with one attached hydrogen (secondary N) is 1. The van der Waals surface area contributed by atoms with Gasteiger partial charge < -0.3 is 10.4 Å². The minimum absolute atomic E-state index is 0.0278. The average Bonchev–Trinajstić information content (AvgIpc) is 2.94. The van der Waals surface area contributed by atoms with Crippen LogP contribution < -0.4 is 5.32 Å².